The van der Waals surface area contributed by atoms with Gasteiger partial charge in [0.2, 0.25) is 5.91 Å². The summed E-state index contributed by atoms with van der Waals surface area (Å²) in [6, 6.07) is 6.03. The molecule has 1 atom stereocenters. The van der Waals surface area contributed by atoms with E-state index < -0.39 is 0 Å². The van der Waals surface area contributed by atoms with Gasteiger partial charge in [-0.1, -0.05) is 25.1 Å². The normalized spacial score (nSPS) is 16.1. The van der Waals surface area contributed by atoms with Crippen molar-refractivity contribution in [3.8, 4) is 0 Å². The molecule has 2 aromatic heterocycles. The molecule has 0 bridgehead atoms. The van der Waals surface area contributed by atoms with Crippen LogP contribution in [0.25, 0.3) is 10.2 Å². The fourth-order valence-electron chi connectivity index (χ4n) is 4.03. The van der Waals surface area contributed by atoms with Gasteiger partial charge in [0.1, 0.15) is 17.0 Å². The van der Waals surface area contributed by atoms with Gasteiger partial charge in [-0.15, -0.1) is 11.3 Å². The number of rotatable bonds is 4. The summed E-state index contributed by atoms with van der Waals surface area (Å²) < 4.78 is 0. The van der Waals surface area contributed by atoms with Crippen molar-refractivity contribution in [2.75, 3.05) is 23.8 Å². The number of thiophene rings is 1. The molecule has 1 amide bonds. The molecule has 0 unspecified atom stereocenters. The van der Waals surface area contributed by atoms with Crippen molar-refractivity contribution >= 4 is 39.0 Å². The number of aryl methyl sites for hydroxylation is 3. The van der Waals surface area contributed by atoms with E-state index in [2.05, 4.69) is 22.2 Å². The van der Waals surface area contributed by atoms with Crippen molar-refractivity contribution in [3.63, 3.8) is 0 Å². The van der Waals surface area contributed by atoms with Crippen LogP contribution in [0.3, 0.4) is 0 Å². The van der Waals surface area contributed by atoms with Crippen LogP contribution in [0, 0.1) is 19.8 Å². The SMILES string of the molecule is Cc1cccc(C)c1NC(=O)CN(C)c1ncnc2sc3c(c12)CC[C@H](C)C3. The minimum Gasteiger partial charge on any atom is -0.350 e. The van der Waals surface area contributed by atoms with Gasteiger partial charge < -0.3 is 10.2 Å². The molecule has 0 aliphatic heterocycles. The molecule has 146 valence electrons. The first-order chi connectivity index (χ1) is 13.4. The molecule has 1 aromatic carbocycles. The number of para-hydroxylation sites is 1. The molecular formula is C22H26N4OS. The Labute approximate surface area is 169 Å². The van der Waals surface area contributed by atoms with Crippen molar-refractivity contribution in [1.82, 2.24) is 9.97 Å². The number of carbonyl (C=O) groups excluding carboxylic acids is 1. The van der Waals surface area contributed by atoms with Crippen molar-refractivity contribution in [2.24, 2.45) is 5.92 Å². The fourth-order valence-corrected chi connectivity index (χ4v) is 5.37. The summed E-state index contributed by atoms with van der Waals surface area (Å²) in [4.78, 5) is 26.2. The Balaban J connectivity index is 1.59. The number of anilines is 2. The summed E-state index contributed by atoms with van der Waals surface area (Å²) in [5, 5.41) is 4.20. The molecule has 28 heavy (non-hydrogen) atoms. The van der Waals surface area contributed by atoms with Crippen molar-refractivity contribution in [3.05, 3.63) is 46.1 Å². The van der Waals surface area contributed by atoms with E-state index >= 15 is 0 Å². The third kappa shape index (κ3) is 3.49. The van der Waals surface area contributed by atoms with Gasteiger partial charge >= 0.3 is 0 Å². The summed E-state index contributed by atoms with van der Waals surface area (Å²) in [7, 11) is 1.93. The second-order valence-electron chi connectivity index (χ2n) is 7.90. The van der Waals surface area contributed by atoms with Crippen LogP contribution in [-0.4, -0.2) is 29.5 Å². The standard InChI is InChI=1S/C22H26N4OS/c1-13-8-9-16-17(10-13)28-22-19(16)21(23-12-24-22)26(4)11-18(27)25-20-14(2)6-5-7-15(20)3/h5-7,12-13H,8-11H2,1-4H3,(H,25,27)/t13-/m0/s1. The zero-order chi connectivity index (χ0) is 19.8. The van der Waals surface area contributed by atoms with Crippen molar-refractivity contribution in [2.45, 2.75) is 40.0 Å². The number of nitrogens with zero attached hydrogens (tertiary/aromatic N) is 3. The monoisotopic (exact) mass is 394 g/mol. The summed E-state index contributed by atoms with van der Waals surface area (Å²) >= 11 is 1.78. The number of amides is 1. The number of hydrogen-bond acceptors (Lipinski definition) is 5. The van der Waals surface area contributed by atoms with E-state index in [1.54, 1.807) is 17.7 Å². The Hall–Kier alpha value is -2.47. The zero-order valence-electron chi connectivity index (χ0n) is 16.9. The first-order valence-corrected chi connectivity index (χ1v) is 10.6. The van der Waals surface area contributed by atoms with E-state index in [1.165, 1.54) is 16.9 Å². The molecule has 0 radical (unpaired) electrons. The van der Waals surface area contributed by atoms with Gasteiger partial charge in [-0.05, 0) is 55.7 Å². The number of benzene rings is 1. The third-order valence-electron chi connectivity index (χ3n) is 5.56. The highest BCUT2D eigenvalue weighted by molar-refractivity contribution is 7.19. The molecule has 4 rings (SSSR count). The van der Waals surface area contributed by atoms with Crippen LogP contribution in [0.2, 0.25) is 0 Å². The predicted octanol–water partition coefficient (Wildman–Crippen LogP) is 4.51. The Morgan fingerprint density at radius 1 is 1.29 bits per heavy atom. The fraction of sp³-hybridized carbons (Fsp3) is 0.409. The molecule has 2 heterocycles. The number of hydrogen-bond donors (Lipinski definition) is 1. The summed E-state index contributed by atoms with van der Waals surface area (Å²) in [5.41, 5.74) is 4.43. The maximum atomic E-state index is 12.7. The Morgan fingerprint density at radius 2 is 2.04 bits per heavy atom. The Bertz CT molecular complexity index is 1020. The van der Waals surface area contributed by atoms with E-state index in [4.69, 9.17) is 0 Å². The predicted molar refractivity (Wildman–Crippen MR) is 116 cm³/mol. The maximum absolute atomic E-state index is 12.7. The highest BCUT2D eigenvalue weighted by Gasteiger charge is 2.24. The maximum Gasteiger partial charge on any atom is 0.243 e. The molecule has 0 fully saturated rings. The molecule has 3 aromatic rings. The molecule has 1 aliphatic rings. The molecule has 6 heteroatoms. The molecule has 0 spiro atoms. The second-order valence-corrected chi connectivity index (χ2v) is 8.98. The lowest BCUT2D eigenvalue weighted by atomic mass is 9.89. The third-order valence-corrected chi connectivity index (χ3v) is 6.72. The van der Waals surface area contributed by atoms with E-state index in [-0.39, 0.29) is 12.5 Å². The lowest BCUT2D eigenvalue weighted by Gasteiger charge is -2.21. The van der Waals surface area contributed by atoms with Crippen molar-refractivity contribution in [1.29, 1.82) is 0 Å². The first-order valence-electron chi connectivity index (χ1n) is 9.76. The number of fused-ring (bicyclic) bond motifs is 3. The summed E-state index contributed by atoms with van der Waals surface area (Å²) in [6.45, 7) is 6.59. The van der Waals surface area contributed by atoms with Gasteiger partial charge in [0, 0.05) is 17.6 Å². The smallest absolute Gasteiger partial charge is 0.243 e. The van der Waals surface area contributed by atoms with Crippen LogP contribution in [0.4, 0.5) is 11.5 Å². The van der Waals surface area contributed by atoms with Crippen LogP contribution >= 0.6 is 11.3 Å². The van der Waals surface area contributed by atoms with Gasteiger partial charge in [-0.25, -0.2) is 9.97 Å². The molecule has 5 nitrogen and oxygen atoms in total. The van der Waals surface area contributed by atoms with Crippen LogP contribution < -0.4 is 10.2 Å². The van der Waals surface area contributed by atoms with Crippen LogP contribution in [0.1, 0.15) is 34.9 Å². The van der Waals surface area contributed by atoms with Gasteiger partial charge in [0.05, 0.1) is 11.9 Å². The molecule has 0 saturated carbocycles. The minimum absolute atomic E-state index is 0.0376. The minimum atomic E-state index is -0.0376. The van der Waals surface area contributed by atoms with Gasteiger partial charge in [-0.2, -0.15) is 0 Å². The average molecular weight is 395 g/mol. The number of carbonyl (C=O) groups is 1. The topological polar surface area (TPSA) is 58.1 Å². The molecule has 1 aliphatic carbocycles. The lowest BCUT2D eigenvalue weighted by molar-refractivity contribution is -0.114. The Kier molecular flexibility index (Phi) is 5.06. The van der Waals surface area contributed by atoms with E-state index in [0.717, 1.165) is 51.6 Å². The van der Waals surface area contributed by atoms with Gasteiger partial charge in [-0.3, -0.25) is 4.79 Å². The first kappa shape index (κ1) is 18.9. The number of aromatic nitrogens is 2. The van der Waals surface area contributed by atoms with Crippen molar-refractivity contribution < 1.29 is 4.79 Å². The van der Waals surface area contributed by atoms with Crippen LogP contribution in [0.5, 0.6) is 0 Å². The van der Waals surface area contributed by atoms with E-state index in [1.807, 2.05) is 44.0 Å². The number of likely N-dealkylation sites (N-methyl/N-ethyl adjacent to an activating group) is 1. The van der Waals surface area contributed by atoms with E-state index in [0.29, 0.717) is 0 Å². The van der Waals surface area contributed by atoms with Crippen LogP contribution in [-0.2, 0) is 17.6 Å². The Morgan fingerprint density at radius 3 is 2.79 bits per heavy atom. The molecule has 1 N–H and O–H groups in total. The summed E-state index contributed by atoms with van der Waals surface area (Å²) in [5.74, 6) is 1.54. The quantitative estimate of drug-likeness (QED) is 0.707. The molecular weight excluding hydrogens is 368 g/mol. The largest absolute Gasteiger partial charge is 0.350 e. The highest BCUT2D eigenvalue weighted by atomic mass is 32.1. The highest BCUT2D eigenvalue weighted by Crippen LogP contribution is 2.40. The summed E-state index contributed by atoms with van der Waals surface area (Å²) in [6.07, 6.45) is 5.00. The van der Waals surface area contributed by atoms with Gasteiger partial charge in [0.15, 0.2) is 0 Å². The van der Waals surface area contributed by atoms with E-state index in [9.17, 15) is 4.79 Å². The van der Waals surface area contributed by atoms with Crippen LogP contribution in [0.15, 0.2) is 24.5 Å². The lowest BCUT2D eigenvalue weighted by Crippen LogP contribution is -2.31. The van der Waals surface area contributed by atoms with Gasteiger partial charge in [0.25, 0.3) is 0 Å². The molecule has 0 saturated heterocycles. The zero-order valence-corrected chi connectivity index (χ0v) is 17.7. The second kappa shape index (κ2) is 7.51. The number of nitrogens with one attached hydrogen (secondary N) is 1. The average Bonchev–Trinajstić information content (AvgIpc) is 3.02.